The molecule has 0 saturated heterocycles. The van der Waals surface area contributed by atoms with E-state index < -0.39 is 0 Å². The van der Waals surface area contributed by atoms with Crippen molar-refractivity contribution in [1.82, 2.24) is 0 Å². The van der Waals surface area contributed by atoms with Crippen LogP contribution in [0.5, 0.6) is 0 Å². The average molecular weight is 267 g/mol. The fourth-order valence-electron chi connectivity index (χ4n) is 2.79. The van der Waals surface area contributed by atoms with Gasteiger partial charge in [-0.05, 0) is 25.2 Å². The van der Waals surface area contributed by atoms with E-state index in [0.29, 0.717) is 18.9 Å². The maximum atomic E-state index is 11.5. The van der Waals surface area contributed by atoms with Crippen molar-refractivity contribution >= 4 is 5.97 Å². The largest absolute Gasteiger partial charge is 0.465 e. The molecule has 0 aromatic rings. The summed E-state index contributed by atoms with van der Waals surface area (Å²) in [6.07, 6.45) is 15.4. The summed E-state index contributed by atoms with van der Waals surface area (Å²) in [5.74, 6) is 0.668. The molecule has 1 aliphatic carbocycles. The van der Waals surface area contributed by atoms with Gasteiger partial charge in [-0.25, -0.2) is 0 Å². The predicted octanol–water partition coefficient (Wildman–Crippen LogP) is 5.06. The van der Waals surface area contributed by atoms with Crippen molar-refractivity contribution in [3.05, 3.63) is 6.92 Å². The number of hydrogen-bond acceptors (Lipinski definition) is 2. The van der Waals surface area contributed by atoms with Crippen molar-refractivity contribution < 1.29 is 9.53 Å². The summed E-state index contributed by atoms with van der Waals surface area (Å²) < 4.78 is 5.34. The Hall–Kier alpha value is -0.530. The Morgan fingerprint density at radius 1 is 0.947 bits per heavy atom. The summed E-state index contributed by atoms with van der Waals surface area (Å²) in [6, 6.07) is 0. The van der Waals surface area contributed by atoms with Gasteiger partial charge in [0.2, 0.25) is 0 Å². The number of carbonyl (C=O) groups is 1. The Bertz CT molecular complexity index is 219. The number of ether oxygens (including phenoxy) is 1. The molecule has 2 heteroatoms. The van der Waals surface area contributed by atoms with Crippen molar-refractivity contribution in [2.24, 2.45) is 5.92 Å². The number of unbranched alkanes of at least 4 members (excludes halogenated alkanes) is 7. The van der Waals surface area contributed by atoms with Gasteiger partial charge in [-0.3, -0.25) is 4.79 Å². The molecule has 0 N–H and O–H groups in total. The Balaban J connectivity index is 1.81. The van der Waals surface area contributed by atoms with Crippen LogP contribution in [-0.2, 0) is 9.53 Å². The van der Waals surface area contributed by atoms with Crippen molar-refractivity contribution in [2.75, 3.05) is 6.61 Å². The molecule has 2 nitrogen and oxygen atoms in total. The first-order chi connectivity index (χ1) is 9.33. The number of rotatable bonds is 11. The lowest BCUT2D eigenvalue weighted by atomic mass is 10.1. The van der Waals surface area contributed by atoms with Crippen LogP contribution in [0.4, 0.5) is 0 Å². The van der Waals surface area contributed by atoms with Crippen LogP contribution in [0.25, 0.3) is 0 Å². The minimum atomic E-state index is 0.0176. The molecule has 0 atom stereocenters. The third kappa shape index (κ3) is 9.07. The summed E-state index contributed by atoms with van der Waals surface area (Å²) in [5.41, 5.74) is 0. The van der Waals surface area contributed by atoms with Crippen molar-refractivity contribution in [3.63, 3.8) is 0 Å². The van der Waals surface area contributed by atoms with Crippen LogP contribution in [0, 0.1) is 12.8 Å². The van der Waals surface area contributed by atoms with E-state index in [2.05, 4.69) is 6.92 Å². The fraction of sp³-hybridized carbons (Fsp3) is 0.882. The van der Waals surface area contributed by atoms with Gasteiger partial charge in [-0.15, -0.1) is 0 Å². The third-order valence-electron chi connectivity index (χ3n) is 4.09. The highest BCUT2D eigenvalue weighted by Crippen LogP contribution is 2.24. The average Bonchev–Trinajstić information content (AvgIpc) is 2.93. The van der Waals surface area contributed by atoms with Crippen LogP contribution >= 0.6 is 0 Å². The second kappa shape index (κ2) is 11.3. The highest BCUT2D eigenvalue weighted by Gasteiger charge is 2.16. The van der Waals surface area contributed by atoms with E-state index in [1.807, 2.05) is 0 Å². The van der Waals surface area contributed by atoms with E-state index in [1.165, 1.54) is 64.2 Å². The number of carbonyl (C=O) groups excluding carboxylic acids is 1. The van der Waals surface area contributed by atoms with Crippen LogP contribution in [0.2, 0.25) is 0 Å². The second-order valence-corrected chi connectivity index (χ2v) is 5.91. The van der Waals surface area contributed by atoms with Crippen molar-refractivity contribution in [3.8, 4) is 0 Å². The summed E-state index contributed by atoms with van der Waals surface area (Å²) >= 11 is 0. The van der Waals surface area contributed by atoms with Crippen molar-refractivity contribution in [2.45, 2.75) is 83.5 Å². The van der Waals surface area contributed by atoms with Gasteiger partial charge >= 0.3 is 5.97 Å². The molecular formula is C17H31O2. The van der Waals surface area contributed by atoms with Gasteiger partial charge in [0.25, 0.3) is 0 Å². The van der Waals surface area contributed by atoms with Gasteiger partial charge in [-0.2, -0.15) is 0 Å². The zero-order valence-electron chi connectivity index (χ0n) is 12.5. The summed E-state index contributed by atoms with van der Waals surface area (Å²) in [6.45, 7) is 4.52. The van der Waals surface area contributed by atoms with Crippen molar-refractivity contribution in [1.29, 1.82) is 0 Å². The summed E-state index contributed by atoms with van der Waals surface area (Å²) in [4.78, 5) is 11.5. The first kappa shape index (κ1) is 16.5. The van der Waals surface area contributed by atoms with Gasteiger partial charge < -0.3 is 4.74 Å². The Morgan fingerprint density at radius 2 is 1.53 bits per heavy atom. The lowest BCUT2D eigenvalue weighted by Gasteiger charge is -2.09. The Morgan fingerprint density at radius 3 is 2.16 bits per heavy atom. The molecule has 1 fully saturated rings. The van der Waals surface area contributed by atoms with E-state index >= 15 is 0 Å². The normalized spacial score (nSPS) is 15.8. The van der Waals surface area contributed by atoms with Gasteiger partial charge in [0.05, 0.1) is 6.61 Å². The lowest BCUT2D eigenvalue weighted by molar-refractivity contribution is -0.145. The zero-order valence-corrected chi connectivity index (χ0v) is 12.5. The van der Waals surface area contributed by atoms with E-state index in [0.717, 1.165) is 12.8 Å². The van der Waals surface area contributed by atoms with E-state index in [9.17, 15) is 4.79 Å². The zero-order chi connectivity index (χ0) is 13.8. The van der Waals surface area contributed by atoms with E-state index in [1.54, 1.807) is 0 Å². The topological polar surface area (TPSA) is 26.3 Å². The Kier molecular flexibility index (Phi) is 9.84. The molecular weight excluding hydrogens is 236 g/mol. The molecule has 1 radical (unpaired) electrons. The molecule has 0 heterocycles. The smallest absolute Gasteiger partial charge is 0.305 e. The first-order valence-electron chi connectivity index (χ1n) is 8.28. The van der Waals surface area contributed by atoms with E-state index in [-0.39, 0.29) is 5.97 Å². The summed E-state index contributed by atoms with van der Waals surface area (Å²) in [7, 11) is 0. The van der Waals surface area contributed by atoms with Gasteiger partial charge in [0.1, 0.15) is 0 Å². The van der Waals surface area contributed by atoms with Gasteiger partial charge in [0, 0.05) is 6.42 Å². The standard InChI is InChI=1S/C17H31O2/c1-2-3-4-5-6-7-8-9-14-17(18)19-15-16-12-10-11-13-16/h16H,1-15H2. The SMILES string of the molecule is [CH2]CCCCCCCCCC(=O)OCC1CCCC1. The maximum Gasteiger partial charge on any atom is 0.305 e. The fourth-order valence-corrected chi connectivity index (χ4v) is 2.79. The molecule has 111 valence electrons. The molecule has 0 aliphatic heterocycles. The minimum Gasteiger partial charge on any atom is -0.465 e. The van der Waals surface area contributed by atoms with Crippen LogP contribution in [0.3, 0.4) is 0 Å². The number of hydrogen-bond donors (Lipinski definition) is 0. The number of esters is 1. The first-order valence-corrected chi connectivity index (χ1v) is 8.28. The second-order valence-electron chi connectivity index (χ2n) is 5.91. The molecule has 0 amide bonds. The molecule has 1 aliphatic rings. The molecule has 0 spiro atoms. The van der Waals surface area contributed by atoms with Crippen LogP contribution in [0.1, 0.15) is 83.5 Å². The van der Waals surface area contributed by atoms with Gasteiger partial charge in [0.15, 0.2) is 0 Å². The Labute approximate surface area is 119 Å². The molecule has 0 aromatic heterocycles. The third-order valence-corrected chi connectivity index (χ3v) is 4.09. The molecule has 1 saturated carbocycles. The lowest BCUT2D eigenvalue weighted by Crippen LogP contribution is -2.11. The van der Waals surface area contributed by atoms with Gasteiger partial charge in [-0.1, -0.05) is 64.7 Å². The van der Waals surface area contributed by atoms with E-state index in [4.69, 9.17) is 4.74 Å². The summed E-state index contributed by atoms with van der Waals surface area (Å²) in [5, 5.41) is 0. The monoisotopic (exact) mass is 267 g/mol. The molecule has 0 bridgehead atoms. The molecule has 19 heavy (non-hydrogen) atoms. The predicted molar refractivity (Wildman–Crippen MR) is 79.8 cm³/mol. The van der Waals surface area contributed by atoms with Crippen LogP contribution in [-0.4, -0.2) is 12.6 Å². The quantitative estimate of drug-likeness (QED) is 0.386. The van der Waals surface area contributed by atoms with Crippen LogP contribution < -0.4 is 0 Å². The highest BCUT2D eigenvalue weighted by atomic mass is 16.5. The molecule has 1 rings (SSSR count). The van der Waals surface area contributed by atoms with Crippen LogP contribution in [0.15, 0.2) is 0 Å². The molecule has 0 unspecified atom stereocenters. The molecule has 0 aromatic carbocycles. The minimum absolute atomic E-state index is 0.0176. The highest BCUT2D eigenvalue weighted by molar-refractivity contribution is 5.69. The maximum absolute atomic E-state index is 11.5.